The number of anilines is 2. The normalized spacial score (nSPS) is 12.2. The molecule has 1 aliphatic heterocycles. The quantitative estimate of drug-likeness (QED) is 0.278. The Morgan fingerprint density at radius 3 is 2.33 bits per heavy atom. The summed E-state index contributed by atoms with van der Waals surface area (Å²) < 4.78 is 65.9. The molecule has 0 bridgehead atoms. The van der Waals surface area contributed by atoms with E-state index in [1.54, 1.807) is 0 Å². The monoisotopic (exact) mass is 617 g/mol. The van der Waals surface area contributed by atoms with Crippen molar-refractivity contribution in [3.8, 4) is 6.07 Å². The third kappa shape index (κ3) is 7.68. The van der Waals surface area contributed by atoms with Crippen molar-refractivity contribution in [2.45, 2.75) is 19.3 Å². The number of carbonyl (C=O) groups excluding carboxylic acids is 3. The number of imidazole rings is 1. The first-order valence-electron chi connectivity index (χ1n) is 12.0. The highest BCUT2D eigenvalue weighted by molar-refractivity contribution is 6.30. The number of nitriles is 1. The number of carbonyl (C=O) groups is 3. The molecule has 5 rings (SSSR count). The van der Waals surface area contributed by atoms with E-state index in [1.165, 1.54) is 47.2 Å². The molecule has 0 spiro atoms. The van der Waals surface area contributed by atoms with Gasteiger partial charge in [-0.15, -0.1) is 0 Å². The summed E-state index contributed by atoms with van der Waals surface area (Å²) in [5, 5.41) is 16.6. The van der Waals surface area contributed by atoms with Crippen molar-refractivity contribution in [1.29, 1.82) is 5.26 Å². The van der Waals surface area contributed by atoms with E-state index in [1.807, 2.05) is 6.07 Å². The molecular formula is C27H17ClF5N7O3. The van der Waals surface area contributed by atoms with Crippen molar-refractivity contribution in [2.75, 3.05) is 10.6 Å². The van der Waals surface area contributed by atoms with Gasteiger partial charge in [0.25, 0.3) is 11.8 Å². The summed E-state index contributed by atoms with van der Waals surface area (Å²) in [5.74, 6) is -4.28. The van der Waals surface area contributed by atoms with E-state index >= 15 is 0 Å². The highest BCUT2D eigenvalue weighted by Gasteiger charge is 2.33. The van der Waals surface area contributed by atoms with E-state index in [0.29, 0.717) is 17.2 Å². The molecule has 3 N–H and O–H groups in total. The van der Waals surface area contributed by atoms with Crippen molar-refractivity contribution >= 4 is 41.0 Å². The molecule has 0 unspecified atom stereocenters. The fraction of sp³-hybridized carbons (Fsp3) is 0.111. The fourth-order valence-electron chi connectivity index (χ4n) is 3.69. The van der Waals surface area contributed by atoms with Gasteiger partial charge in [0.1, 0.15) is 30.1 Å². The van der Waals surface area contributed by atoms with Crippen LogP contribution in [0.1, 0.15) is 37.8 Å². The van der Waals surface area contributed by atoms with Gasteiger partial charge in [0.05, 0.1) is 23.4 Å². The minimum Gasteiger partial charge on any atom is -0.349 e. The van der Waals surface area contributed by atoms with E-state index in [9.17, 15) is 36.3 Å². The first-order chi connectivity index (χ1) is 20.3. The van der Waals surface area contributed by atoms with Gasteiger partial charge >= 0.3 is 6.18 Å². The van der Waals surface area contributed by atoms with Crippen LogP contribution in [0.3, 0.4) is 0 Å². The van der Waals surface area contributed by atoms with Crippen LogP contribution in [0.5, 0.6) is 0 Å². The molecular weight excluding hydrogens is 601 g/mol. The Bertz CT molecular complexity index is 1710. The van der Waals surface area contributed by atoms with Crippen LogP contribution in [-0.4, -0.2) is 32.3 Å². The third-order valence-electron chi connectivity index (χ3n) is 5.69. The second kappa shape index (κ2) is 12.7. The maximum Gasteiger partial charge on any atom is 0.416 e. The maximum absolute atomic E-state index is 13.7. The molecule has 2 aromatic heterocycles. The Kier molecular flexibility index (Phi) is 9.01. The Hall–Kier alpha value is -5.36. The molecule has 0 aliphatic carbocycles. The molecule has 0 atom stereocenters. The summed E-state index contributed by atoms with van der Waals surface area (Å²) in [6.07, 6.45) is -3.65. The molecule has 3 amide bonds. The van der Waals surface area contributed by atoms with Gasteiger partial charge in [-0.05, 0) is 54.6 Å². The lowest BCUT2D eigenvalue weighted by Crippen LogP contribution is -2.36. The lowest BCUT2D eigenvalue weighted by molar-refractivity contribution is -0.137. The molecule has 0 radical (unpaired) electrons. The molecule has 0 fully saturated rings. The number of halogens is 6. The van der Waals surface area contributed by atoms with Gasteiger partial charge in [0.15, 0.2) is 5.82 Å². The van der Waals surface area contributed by atoms with Gasteiger partial charge in [0, 0.05) is 16.8 Å². The molecule has 3 heterocycles. The highest BCUT2D eigenvalue weighted by Crippen LogP contribution is 2.31. The van der Waals surface area contributed by atoms with Crippen LogP contribution in [0, 0.1) is 23.0 Å². The average Bonchev–Trinajstić information content (AvgIpc) is 3.31. The molecule has 0 saturated heterocycles. The SMILES string of the molecule is Fc1ccc(Cl)cc1.N#Cc1ccc(NC(=O)c2nc(NC(=O)c3cc(F)cc(C(F)(F)F)c3)c3n2CC(=O)NC3)nc1. The molecule has 220 valence electrons. The molecule has 16 heteroatoms. The number of hydrogen-bond donors (Lipinski definition) is 3. The number of nitrogens with zero attached hydrogens (tertiary/aromatic N) is 4. The first kappa shape index (κ1) is 30.6. The van der Waals surface area contributed by atoms with Gasteiger partial charge in [0.2, 0.25) is 11.7 Å². The number of pyridine rings is 1. The zero-order valence-corrected chi connectivity index (χ0v) is 22.2. The van der Waals surface area contributed by atoms with Crippen LogP contribution >= 0.6 is 11.6 Å². The lowest BCUT2D eigenvalue weighted by atomic mass is 10.1. The van der Waals surface area contributed by atoms with E-state index in [0.717, 1.165) is 0 Å². The summed E-state index contributed by atoms with van der Waals surface area (Å²) in [4.78, 5) is 45.2. The van der Waals surface area contributed by atoms with Crippen LogP contribution in [0.2, 0.25) is 5.02 Å². The Morgan fingerprint density at radius 2 is 1.72 bits per heavy atom. The molecule has 4 aromatic rings. The van der Waals surface area contributed by atoms with Crippen LogP contribution in [0.25, 0.3) is 0 Å². The summed E-state index contributed by atoms with van der Waals surface area (Å²) in [7, 11) is 0. The van der Waals surface area contributed by atoms with Crippen LogP contribution < -0.4 is 16.0 Å². The van der Waals surface area contributed by atoms with Gasteiger partial charge in [-0.2, -0.15) is 18.4 Å². The highest BCUT2D eigenvalue weighted by atomic mass is 35.5. The number of nitrogens with one attached hydrogen (secondary N) is 3. The fourth-order valence-corrected chi connectivity index (χ4v) is 3.82. The minimum absolute atomic E-state index is 0.0802. The zero-order valence-electron chi connectivity index (χ0n) is 21.5. The second-order valence-electron chi connectivity index (χ2n) is 8.71. The van der Waals surface area contributed by atoms with E-state index < -0.39 is 40.8 Å². The summed E-state index contributed by atoms with van der Waals surface area (Å²) in [6.45, 7) is -0.458. The third-order valence-corrected chi connectivity index (χ3v) is 5.94. The molecule has 2 aromatic carbocycles. The average molecular weight is 618 g/mol. The number of fused-ring (bicyclic) bond motifs is 1. The predicted octanol–water partition coefficient (Wildman–Crippen LogP) is 4.92. The van der Waals surface area contributed by atoms with Gasteiger partial charge in [-0.25, -0.2) is 18.7 Å². The predicted molar refractivity (Wildman–Crippen MR) is 142 cm³/mol. The summed E-state index contributed by atoms with van der Waals surface area (Å²) in [6, 6.07) is 11.7. The summed E-state index contributed by atoms with van der Waals surface area (Å²) in [5.41, 5.74) is -1.51. The van der Waals surface area contributed by atoms with Gasteiger partial charge in [-0.1, -0.05) is 11.6 Å². The smallest absolute Gasteiger partial charge is 0.349 e. The van der Waals surface area contributed by atoms with Crippen molar-refractivity contribution < 1.29 is 36.3 Å². The summed E-state index contributed by atoms with van der Waals surface area (Å²) >= 11 is 5.44. The molecule has 0 saturated carbocycles. The molecule has 10 nitrogen and oxygen atoms in total. The van der Waals surface area contributed by atoms with Crippen LogP contribution in [0.4, 0.5) is 33.6 Å². The minimum atomic E-state index is -4.88. The number of hydrogen-bond acceptors (Lipinski definition) is 6. The Morgan fingerprint density at radius 1 is 1.00 bits per heavy atom. The first-order valence-corrected chi connectivity index (χ1v) is 12.4. The number of amides is 3. The number of benzene rings is 2. The number of aromatic nitrogens is 3. The molecule has 1 aliphatic rings. The van der Waals surface area contributed by atoms with Crippen LogP contribution in [-0.2, 0) is 24.1 Å². The topological polar surface area (TPSA) is 142 Å². The van der Waals surface area contributed by atoms with E-state index in [2.05, 4.69) is 25.9 Å². The number of rotatable bonds is 4. The largest absolute Gasteiger partial charge is 0.416 e. The van der Waals surface area contributed by atoms with Gasteiger partial charge in [-0.3, -0.25) is 14.4 Å². The standard InChI is InChI=1S/C21H13F4N7O3.C6H4ClF/c22-13-4-11(3-12(5-13)21(23,24)25)19(34)31-17-14-8-28-16(33)9-32(14)18(30-17)20(35)29-15-2-1-10(6-26)7-27-15;7-5-1-3-6(8)4-2-5/h1-5,7H,8-9H2,(H,28,33)(H,31,34)(H,27,29,35);1-4H. The number of alkyl halides is 3. The Balaban J connectivity index is 0.000000458. The van der Waals surface area contributed by atoms with E-state index in [-0.39, 0.29) is 53.7 Å². The van der Waals surface area contributed by atoms with Crippen molar-refractivity contribution in [3.63, 3.8) is 0 Å². The lowest BCUT2D eigenvalue weighted by Gasteiger charge is -2.18. The van der Waals surface area contributed by atoms with Crippen molar-refractivity contribution in [2.24, 2.45) is 0 Å². The van der Waals surface area contributed by atoms with E-state index in [4.69, 9.17) is 16.9 Å². The van der Waals surface area contributed by atoms with Gasteiger partial charge < -0.3 is 20.5 Å². The maximum atomic E-state index is 13.7. The Labute approximate surface area is 244 Å². The zero-order chi connectivity index (χ0) is 31.3. The van der Waals surface area contributed by atoms with Crippen molar-refractivity contribution in [1.82, 2.24) is 19.9 Å². The van der Waals surface area contributed by atoms with Crippen molar-refractivity contribution in [3.05, 3.63) is 106 Å². The molecule has 43 heavy (non-hydrogen) atoms. The van der Waals surface area contributed by atoms with Crippen LogP contribution in [0.15, 0.2) is 60.8 Å². The second-order valence-corrected chi connectivity index (χ2v) is 9.14.